The second-order valence-corrected chi connectivity index (χ2v) is 5.75. The van der Waals surface area contributed by atoms with E-state index in [2.05, 4.69) is 0 Å². The number of carbonyl (C=O) groups is 1. The van der Waals surface area contributed by atoms with Crippen molar-refractivity contribution in [3.63, 3.8) is 0 Å². The zero-order valence-electron chi connectivity index (χ0n) is 11.8. The Labute approximate surface area is 123 Å². The predicted octanol–water partition coefficient (Wildman–Crippen LogP) is 3.27. The summed E-state index contributed by atoms with van der Waals surface area (Å²) in [6, 6.07) is 3.79. The Morgan fingerprint density at radius 2 is 2.25 bits per heavy atom. The molecule has 0 saturated carbocycles. The normalized spacial score (nSPS) is 24.9. The molecule has 3 atom stereocenters. The Hall–Kier alpha value is -1.13. The molecule has 0 spiro atoms. The summed E-state index contributed by atoms with van der Waals surface area (Å²) in [6.45, 7) is 3.95. The minimum Gasteiger partial charge on any atom is -0.331 e. The molecule has 110 valence electrons. The van der Waals surface area contributed by atoms with Crippen LogP contribution in [0.4, 0.5) is 4.39 Å². The van der Waals surface area contributed by atoms with Crippen molar-refractivity contribution in [2.75, 3.05) is 0 Å². The number of benzene rings is 1. The van der Waals surface area contributed by atoms with E-state index in [1.807, 2.05) is 13.8 Å². The average molecular weight is 299 g/mol. The standard InChI is InChI=1S/C15H20ClFN2O/c1-3-9(2)19-13(20)8-7-12(18)15(19)14-10(16)5-4-6-11(14)17/h4-6,9,12,15H,3,7-8,18H2,1-2H3. The van der Waals surface area contributed by atoms with Crippen LogP contribution in [0.2, 0.25) is 5.02 Å². The van der Waals surface area contributed by atoms with E-state index < -0.39 is 11.9 Å². The van der Waals surface area contributed by atoms with Crippen LogP contribution in [0, 0.1) is 5.82 Å². The van der Waals surface area contributed by atoms with Crippen LogP contribution >= 0.6 is 11.6 Å². The molecule has 1 amide bonds. The van der Waals surface area contributed by atoms with Gasteiger partial charge in [0.25, 0.3) is 0 Å². The Kier molecular flexibility index (Phi) is 4.66. The number of rotatable bonds is 3. The third-order valence-electron chi connectivity index (χ3n) is 4.05. The van der Waals surface area contributed by atoms with Gasteiger partial charge in [-0.1, -0.05) is 24.6 Å². The number of amides is 1. The highest BCUT2D eigenvalue weighted by Crippen LogP contribution is 2.37. The minimum absolute atomic E-state index is 0.00882. The van der Waals surface area contributed by atoms with Crippen LogP contribution in [-0.4, -0.2) is 22.9 Å². The third kappa shape index (κ3) is 2.67. The first kappa shape index (κ1) is 15.3. The highest BCUT2D eigenvalue weighted by atomic mass is 35.5. The van der Waals surface area contributed by atoms with Gasteiger partial charge in [-0.3, -0.25) is 4.79 Å². The van der Waals surface area contributed by atoms with E-state index in [4.69, 9.17) is 17.3 Å². The second-order valence-electron chi connectivity index (χ2n) is 5.34. The largest absolute Gasteiger partial charge is 0.331 e. The number of hydrogen-bond donors (Lipinski definition) is 1. The lowest BCUT2D eigenvalue weighted by atomic mass is 9.88. The van der Waals surface area contributed by atoms with Gasteiger partial charge in [-0.05, 0) is 31.9 Å². The van der Waals surface area contributed by atoms with Gasteiger partial charge in [0, 0.05) is 29.1 Å². The zero-order valence-corrected chi connectivity index (χ0v) is 12.5. The number of nitrogens with two attached hydrogens (primary N) is 1. The molecule has 1 aliphatic rings. The van der Waals surface area contributed by atoms with E-state index in [-0.39, 0.29) is 18.0 Å². The lowest BCUT2D eigenvalue weighted by molar-refractivity contribution is -0.140. The molecular formula is C15H20ClFN2O. The summed E-state index contributed by atoms with van der Waals surface area (Å²) in [4.78, 5) is 14.0. The van der Waals surface area contributed by atoms with Gasteiger partial charge in [0.2, 0.25) is 5.91 Å². The quantitative estimate of drug-likeness (QED) is 0.931. The number of likely N-dealkylation sites (tertiary alicyclic amines) is 1. The van der Waals surface area contributed by atoms with Gasteiger partial charge in [0.05, 0.1) is 6.04 Å². The van der Waals surface area contributed by atoms with Crippen LogP contribution < -0.4 is 5.73 Å². The van der Waals surface area contributed by atoms with Crippen molar-refractivity contribution in [2.24, 2.45) is 5.73 Å². The van der Waals surface area contributed by atoms with Crippen molar-refractivity contribution in [1.29, 1.82) is 0 Å². The fourth-order valence-corrected chi connectivity index (χ4v) is 3.08. The summed E-state index contributed by atoms with van der Waals surface area (Å²) in [6.07, 6.45) is 1.76. The molecule has 1 fully saturated rings. The molecule has 3 nitrogen and oxygen atoms in total. The Morgan fingerprint density at radius 1 is 1.55 bits per heavy atom. The van der Waals surface area contributed by atoms with E-state index >= 15 is 0 Å². The molecule has 1 aliphatic heterocycles. The van der Waals surface area contributed by atoms with E-state index in [1.165, 1.54) is 6.07 Å². The van der Waals surface area contributed by atoms with Crippen LogP contribution in [0.25, 0.3) is 0 Å². The van der Waals surface area contributed by atoms with Crippen molar-refractivity contribution >= 4 is 17.5 Å². The molecule has 2 N–H and O–H groups in total. The molecule has 2 rings (SSSR count). The van der Waals surface area contributed by atoms with Crippen LogP contribution in [0.1, 0.15) is 44.7 Å². The number of carbonyl (C=O) groups excluding carboxylic acids is 1. The number of piperidine rings is 1. The number of halogens is 2. The molecular weight excluding hydrogens is 279 g/mol. The van der Waals surface area contributed by atoms with Crippen molar-refractivity contribution in [3.8, 4) is 0 Å². The molecule has 20 heavy (non-hydrogen) atoms. The topological polar surface area (TPSA) is 46.3 Å². The summed E-state index contributed by atoms with van der Waals surface area (Å²) in [5, 5.41) is 0.327. The molecule has 1 saturated heterocycles. The molecule has 0 bridgehead atoms. The Balaban J connectivity index is 2.50. The predicted molar refractivity (Wildman–Crippen MR) is 78.0 cm³/mol. The smallest absolute Gasteiger partial charge is 0.223 e. The minimum atomic E-state index is -0.486. The van der Waals surface area contributed by atoms with E-state index in [9.17, 15) is 9.18 Å². The number of nitrogens with zero attached hydrogens (tertiary/aromatic N) is 1. The van der Waals surface area contributed by atoms with Crippen LogP contribution in [0.5, 0.6) is 0 Å². The summed E-state index contributed by atoms with van der Waals surface area (Å²) in [7, 11) is 0. The number of hydrogen-bond acceptors (Lipinski definition) is 2. The van der Waals surface area contributed by atoms with Gasteiger partial charge in [-0.25, -0.2) is 4.39 Å². The van der Waals surface area contributed by atoms with E-state index in [0.717, 1.165) is 6.42 Å². The van der Waals surface area contributed by atoms with Gasteiger partial charge in [0.1, 0.15) is 5.82 Å². The van der Waals surface area contributed by atoms with Gasteiger partial charge >= 0.3 is 0 Å². The Bertz CT molecular complexity index is 488. The monoisotopic (exact) mass is 298 g/mol. The molecule has 5 heteroatoms. The van der Waals surface area contributed by atoms with Crippen molar-refractivity contribution < 1.29 is 9.18 Å². The Morgan fingerprint density at radius 3 is 2.85 bits per heavy atom. The van der Waals surface area contributed by atoms with Crippen molar-refractivity contribution in [3.05, 3.63) is 34.6 Å². The van der Waals surface area contributed by atoms with E-state index in [1.54, 1.807) is 17.0 Å². The summed E-state index contributed by atoms with van der Waals surface area (Å²) < 4.78 is 14.2. The van der Waals surface area contributed by atoms with Crippen LogP contribution in [0.15, 0.2) is 18.2 Å². The molecule has 0 aromatic heterocycles. The second kappa shape index (κ2) is 6.10. The van der Waals surface area contributed by atoms with E-state index in [0.29, 0.717) is 23.4 Å². The maximum absolute atomic E-state index is 14.2. The fourth-order valence-electron chi connectivity index (χ4n) is 2.80. The third-order valence-corrected chi connectivity index (χ3v) is 4.38. The van der Waals surface area contributed by atoms with Crippen LogP contribution in [0.3, 0.4) is 0 Å². The first-order chi connectivity index (χ1) is 9.47. The molecule has 0 radical (unpaired) electrons. The van der Waals surface area contributed by atoms with Crippen molar-refractivity contribution in [1.82, 2.24) is 4.90 Å². The summed E-state index contributed by atoms with van der Waals surface area (Å²) in [5.74, 6) is -0.383. The maximum Gasteiger partial charge on any atom is 0.223 e. The highest BCUT2D eigenvalue weighted by Gasteiger charge is 2.39. The zero-order chi connectivity index (χ0) is 14.9. The van der Waals surface area contributed by atoms with Crippen molar-refractivity contribution in [2.45, 2.75) is 51.2 Å². The van der Waals surface area contributed by atoms with Crippen LogP contribution in [-0.2, 0) is 4.79 Å². The lowest BCUT2D eigenvalue weighted by Gasteiger charge is -2.43. The lowest BCUT2D eigenvalue weighted by Crippen LogP contribution is -2.52. The molecule has 3 unspecified atom stereocenters. The summed E-state index contributed by atoms with van der Waals surface area (Å²) >= 11 is 6.16. The molecule has 0 aliphatic carbocycles. The maximum atomic E-state index is 14.2. The van der Waals surface area contributed by atoms with Gasteiger partial charge in [-0.15, -0.1) is 0 Å². The summed E-state index contributed by atoms with van der Waals surface area (Å²) in [5.41, 5.74) is 6.52. The molecule has 1 aromatic carbocycles. The highest BCUT2D eigenvalue weighted by molar-refractivity contribution is 6.31. The average Bonchev–Trinajstić information content (AvgIpc) is 2.41. The molecule has 1 heterocycles. The first-order valence-corrected chi connectivity index (χ1v) is 7.35. The van der Waals surface area contributed by atoms with Gasteiger partial charge < -0.3 is 10.6 Å². The molecule has 1 aromatic rings. The van der Waals surface area contributed by atoms with Gasteiger partial charge in [0.15, 0.2) is 0 Å². The fraction of sp³-hybridized carbons (Fsp3) is 0.533. The van der Waals surface area contributed by atoms with Gasteiger partial charge in [-0.2, -0.15) is 0 Å². The first-order valence-electron chi connectivity index (χ1n) is 6.98. The SMILES string of the molecule is CCC(C)N1C(=O)CCC(N)C1c1c(F)cccc1Cl.